The van der Waals surface area contributed by atoms with Gasteiger partial charge in [0, 0.05) is 11.1 Å². The van der Waals surface area contributed by atoms with Crippen LogP contribution in [-0.4, -0.2) is 0 Å². The second kappa shape index (κ2) is 2.77. The van der Waals surface area contributed by atoms with Crippen molar-refractivity contribution >= 4 is 6.08 Å². The zero-order valence-electron chi connectivity index (χ0n) is 7.44. The molecule has 0 spiro atoms. The smallest absolute Gasteiger partial charge is 0.169 e. The molecule has 68 valence electrons. The third-order valence-electron chi connectivity index (χ3n) is 2.24. The Hall–Kier alpha value is -1.96. The van der Waals surface area contributed by atoms with Gasteiger partial charge < -0.3 is 9.47 Å². The summed E-state index contributed by atoms with van der Waals surface area (Å²) in [5.41, 5.74) is 2.15. The van der Waals surface area contributed by atoms with Crippen molar-refractivity contribution in [3.8, 4) is 5.75 Å². The van der Waals surface area contributed by atoms with Crippen LogP contribution in [0.2, 0.25) is 0 Å². The first kappa shape index (κ1) is 7.44. The molecule has 3 rings (SSSR count). The maximum atomic E-state index is 5.65. The highest BCUT2D eigenvalue weighted by molar-refractivity contribution is 5.69. The molecule has 0 N–H and O–H groups in total. The fraction of sp³-hybridized carbons (Fsp3) is 0. The van der Waals surface area contributed by atoms with Gasteiger partial charge in [0.1, 0.15) is 12.0 Å². The molecule has 0 aromatic heterocycles. The summed E-state index contributed by atoms with van der Waals surface area (Å²) in [6, 6.07) is 7.93. The third kappa shape index (κ3) is 1.04. The average Bonchev–Trinajstić information content (AvgIpc) is 2.26. The maximum Gasteiger partial charge on any atom is 0.169 e. The number of allylic oxidation sites excluding steroid dienone is 1. The van der Waals surface area contributed by atoms with Crippen LogP contribution in [0.1, 0.15) is 5.56 Å². The van der Waals surface area contributed by atoms with Crippen molar-refractivity contribution in [3.05, 3.63) is 59.8 Å². The molecule has 2 heterocycles. The molecule has 0 fully saturated rings. The molecular weight excluding hydrogens is 176 g/mol. The lowest BCUT2D eigenvalue weighted by molar-refractivity contribution is 0.341. The zero-order chi connectivity index (χ0) is 9.38. The largest absolute Gasteiger partial charge is 0.469 e. The summed E-state index contributed by atoms with van der Waals surface area (Å²) in [4.78, 5) is 0. The highest BCUT2D eigenvalue weighted by Gasteiger charge is 2.16. The lowest BCUT2D eigenvalue weighted by Gasteiger charge is -2.19. The Kier molecular flexibility index (Phi) is 1.47. The lowest BCUT2D eigenvalue weighted by atomic mass is 10.1. The van der Waals surface area contributed by atoms with Gasteiger partial charge >= 0.3 is 0 Å². The van der Waals surface area contributed by atoms with Crippen LogP contribution in [0.4, 0.5) is 0 Å². The molecule has 0 bridgehead atoms. The molecule has 0 aliphatic carbocycles. The van der Waals surface area contributed by atoms with E-state index in [4.69, 9.17) is 9.47 Å². The number of ether oxygens (including phenoxy) is 2. The quantitative estimate of drug-likeness (QED) is 0.617. The summed E-state index contributed by atoms with van der Waals surface area (Å²) in [5, 5.41) is 0. The van der Waals surface area contributed by atoms with E-state index in [1.807, 2.05) is 30.3 Å². The SMILES string of the molecule is C1=CC2=Cc3ccccc3OC2=CO1. The number of benzene rings is 1. The summed E-state index contributed by atoms with van der Waals surface area (Å²) in [6.45, 7) is 0. The van der Waals surface area contributed by atoms with Crippen molar-refractivity contribution < 1.29 is 9.47 Å². The van der Waals surface area contributed by atoms with Crippen LogP contribution in [0, 0.1) is 0 Å². The number of para-hydroxylation sites is 1. The predicted molar refractivity (Wildman–Crippen MR) is 53.4 cm³/mol. The zero-order valence-corrected chi connectivity index (χ0v) is 7.44. The molecular formula is C12H8O2. The molecule has 1 aromatic rings. The Morgan fingerprint density at radius 1 is 1.07 bits per heavy atom. The first-order chi connectivity index (χ1) is 6.93. The van der Waals surface area contributed by atoms with Gasteiger partial charge in [0.2, 0.25) is 0 Å². The van der Waals surface area contributed by atoms with Crippen LogP contribution in [0.15, 0.2) is 54.2 Å². The predicted octanol–water partition coefficient (Wildman–Crippen LogP) is 2.85. The van der Waals surface area contributed by atoms with Crippen LogP contribution < -0.4 is 4.74 Å². The van der Waals surface area contributed by atoms with Gasteiger partial charge in [0.25, 0.3) is 0 Å². The maximum absolute atomic E-state index is 5.65. The van der Waals surface area contributed by atoms with Gasteiger partial charge in [-0.25, -0.2) is 0 Å². The Morgan fingerprint density at radius 2 is 2.00 bits per heavy atom. The van der Waals surface area contributed by atoms with Gasteiger partial charge in [0.05, 0.1) is 6.26 Å². The molecule has 0 atom stereocenters. The second-order valence-electron chi connectivity index (χ2n) is 3.16. The number of rotatable bonds is 0. The van der Waals surface area contributed by atoms with E-state index < -0.39 is 0 Å². The molecule has 0 saturated heterocycles. The molecule has 2 heteroatoms. The van der Waals surface area contributed by atoms with Crippen LogP contribution >= 0.6 is 0 Å². The van der Waals surface area contributed by atoms with Crippen LogP contribution in [0.25, 0.3) is 6.08 Å². The molecule has 0 unspecified atom stereocenters. The lowest BCUT2D eigenvalue weighted by Crippen LogP contribution is -2.06. The van der Waals surface area contributed by atoms with Gasteiger partial charge in [-0.05, 0) is 18.2 Å². The summed E-state index contributed by atoms with van der Waals surface area (Å²) >= 11 is 0. The van der Waals surface area contributed by atoms with E-state index >= 15 is 0 Å². The molecule has 2 aliphatic heterocycles. The number of hydrogen-bond acceptors (Lipinski definition) is 2. The average molecular weight is 184 g/mol. The van der Waals surface area contributed by atoms with E-state index in [0.29, 0.717) is 0 Å². The standard InChI is InChI=1S/C12H8O2/c1-2-4-11-9(3-1)7-10-5-6-13-8-12(10)14-11/h1-8H. The molecule has 2 aliphatic rings. The molecule has 1 aromatic carbocycles. The summed E-state index contributed by atoms with van der Waals surface area (Å²) < 4.78 is 10.7. The van der Waals surface area contributed by atoms with Crippen LogP contribution in [0.5, 0.6) is 5.75 Å². The summed E-state index contributed by atoms with van der Waals surface area (Å²) in [6.07, 6.45) is 7.24. The second-order valence-corrected chi connectivity index (χ2v) is 3.16. The van der Waals surface area contributed by atoms with E-state index in [2.05, 4.69) is 6.08 Å². The minimum absolute atomic E-state index is 0.770. The Morgan fingerprint density at radius 3 is 3.00 bits per heavy atom. The normalized spacial score (nSPS) is 16.9. The van der Waals surface area contributed by atoms with E-state index in [9.17, 15) is 0 Å². The van der Waals surface area contributed by atoms with Gasteiger partial charge in [-0.3, -0.25) is 0 Å². The van der Waals surface area contributed by atoms with Crippen molar-refractivity contribution in [2.75, 3.05) is 0 Å². The van der Waals surface area contributed by atoms with Gasteiger partial charge in [-0.1, -0.05) is 18.2 Å². The number of hydrogen-bond donors (Lipinski definition) is 0. The fourth-order valence-electron chi connectivity index (χ4n) is 1.54. The van der Waals surface area contributed by atoms with E-state index in [1.165, 1.54) is 0 Å². The highest BCUT2D eigenvalue weighted by Crippen LogP contribution is 2.32. The Bertz CT molecular complexity index is 467. The molecule has 2 nitrogen and oxygen atoms in total. The first-order valence-corrected chi connectivity index (χ1v) is 4.45. The molecule has 0 saturated carbocycles. The van der Waals surface area contributed by atoms with E-state index in [-0.39, 0.29) is 0 Å². The molecule has 0 amide bonds. The summed E-state index contributed by atoms with van der Waals surface area (Å²) in [5.74, 6) is 1.65. The van der Waals surface area contributed by atoms with Gasteiger partial charge in [0.15, 0.2) is 5.76 Å². The first-order valence-electron chi connectivity index (χ1n) is 4.45. The van der Waals surface area contributed by atoms with Crippen molar-refractivity contribution in [2.45, 2.75) is 0 Å². The Labute approximate surface area is 81.8 Å². The summed E-state index contributed by atoms with van der Waals surface area (Å²) in [7, 11) is 0. The molecule has 14 heavy (non-hydrogen) atoms. The minimum atomic E-state index is 0.770. The molecule has 0 radical (unpaired) electrons. The van der Waals surface area contributed by atoms with E-state index in [0.717, 1.165) is 22.6 Å². The van der Waals surface area contributed by atoms with Crippen molar-refractivity contribution in [3.63, 3.8) is 0 Å². The third-order valence-corrected chi connectivity index (χ3v) is 2.24. The highest BCUT2D eigenvalue weighted by atomic mass is 16.5. The van der Waals surface area contributed by atoms with Crippen molar-refractivity contribution in [1.29, 1.82) is 0 Å². The monoisotopic (exact) mass is 184 g/mol. The minimum Gasteiger partial charge on any atom is -0.469 e. The van der Waals surface area contributed by atoms with E-state index in [1.54, 1.807) is 12.5 Å². The van der Waals surface area contributed by atoms with Gasteiger partial charge in [-0.2, -0.15) is 0 Å². The van der Waals surface area contributed by atoms with Crippen LogP contribution in [-0.2, 0) is 4.74 Å². The fourth-order valence-corrected chi connectivity index (χ4v) is 1.54. The number of fused-ring (bicyclic) bond motifs is 2. The Balaban J connectivity index is 2.17. The van der Waals surface area contributed by atoms with Crippen molar-refractivity contribution in [2.24, 2.45) is 0 Å². The van der Waals surface area contributed by atoms with Crippen molar-refractivity contribution in [1.82, 2.24) is 0 Å². The topological polar surface area (TPSA) is 18.5 Å². The van der Waals surface area contributed by atoms with Gasteiger partial charge in [-0.15, -0.1) is 0 Å². The van der Waals surface area contributed by atoms with Crippen LogP contribution in [0.3, 0.4) is 0 Å².